The number of rotatable bonds is 2. The maximum atomic E-state index is 4.10. The fourth-order valence-corrected chi connectivity index (χ4v) is 2.65. The molecule has 0 bridgehead atoms. The van der Waals surface area contributed by atoms with Crippen LogP contribution < -0.4 is 0 Å². The maximum absolute atomic E-state index is 4.10. The Labute approximate surface area is 93.8 Å². The Morgan fingerprint density at radius 1 is 1.13 bits per heavy atom. The Morgan fingerprint density at radius 2 is 1.93 bits per heavy atom. The van der Waals surface area contributed by atoms with Gasteiger partial charge in [0.25, 0.3) is 0 Å². The van der Waals surface area contributed by atoms with Crippen LogP contribution in [0.4, 0.5) is 0 Å². The Hall–Kier alpha value is -1.15. The summed E-state index contributed by atoms with van der Waals surface area (Å²) in [5.41, 5.74) is 4.69. The summed E-state index contributed by atoms with van der Waals surface area (Å²) in [5, 5.41) is 0. The first kappa shape index (κ1) is 9.10. The van der Waals surface area contributed by atoms with E-state index in [2.05, 4.69) is 29.2 Å². The second-order valence-corrected chi connectivity index (χ2v) is 5.00. The molecule has 1 nitrogen and oxygen atoms in total. The molecule has 15 heavy (non-hydrogen) atoms. The molecular weight excluding hydrogens is 202 g/mol. The first-order valence-corrected chi connectivity index (χ1v) is 6.30. The summed E-state index contributed by atoms with van der Waals surface area (Å²) < 4.78 is 0. The van der Waals surface area contributed by atoms with E-state index in [4.69, 9.17) is 0 Å². The lowest BCUT2D eigenvalue weighted by Gasteiger charge is -2.25. The molecule has 0 saturated heterocycles. The summed E-state index contributed by atoms with van der Waals surface area (Å²) in [4.78, 5) is 5.36. The van der Waals surface area contributed by atoms with E-state index in [-0.39, 0.29) is 0 Å². The minimum absolute atomic E-state index is 0.834. The van der Waals surface area contributed by atoms with Gasteiger partial charge in [-0.1, -0.05) is 30.7 Å². The van der Waals surface area contributed by atoms with Crippen molar-refractivity contribution in [3.8, 4) is 10.4 Å². The first-order chi connectivity index (χ1) is 7.43. The molecule has 0 aliphatic heterocycles. The molecule has 1 fully saturated rings. The van der Waals surface area contributed by atoms with Crippen LogP contribution in [0.3, 0.4) is 0 Å². The van der Waals surface area contributed by atoms with Gasteiger partial charge < -0.3 is 0 Å². The Bertz CT molecular complexity index is 426. The van der Waals surface area contributed by atoms with Crippen LogP contribution in [0.25, 0.3) is 10.4 Å². The summed E-state index contributed by atoms with van der Waals surface area (Å²) in [7, 11) is 0. The van der Waals surface area contributed by atoms with Crippen molar-refractivity contribution in [1.82, 2.24) is 4.98 Å². The summed E-state index contributed by atoms with van der Waals surface area (Å²) in [5.74, 6) is 0.834. The molecule has 1 aromatic carbocycles. The molecule has 0 N–H and O–H groups in total. The molecule has 1 aliphatic carbocycles. The minimum Gasteiger partial charge on any atom is -0.252 e. The van der Waals surface area contributed by atoms with E-state index in [0.29, 0.717) is 0 Å². The van der Waals surface area contributed by atoms with E-state index in [9.17, 15) is 0 Å². The highest BCUT2D eigenvalue weighted by molar-refractivity contribution is 7.13. The molecule has 0 amide bonds. The number of aromatic nitrogens is 1. The molecule has 0 unspecified atom stereocenters. The lowest BCUT2D eigenvalue weighted by molar-refractivity contribution is 0.420. The molecule has 1 heterocycles. The Morgan fingerprint density at radius 3 is 2.47 bits per heavy atom. The van der Waals surface area contributed by atoms with Gasteiger partial charge in [0.2, 0.25) is 0 Å². The zero-order valence-electron chi connectivity index (χ0n) is 8.52. The fraction of sp³-hybridized carbons (Fsp3) is 0.308. The maximum Gasteiger partial charge on any atom is 0.0797 e. The SMILES string of the molecule is c1ncc(-c2ccc(C3CCC3)cc2)s1. The van der Waals surface area contributed by atoms with Gasteiger partial charge in [-0.05, 0) is 29.9 Å². The van der Waals surface area contributed by atoms with Crippen molar-refractivity contribution in [3.05, 3.63) is 41.5 Å². The van der Waals surface area contributed by atoms with E-state index in [0.717, 1.165) is 5.92 Å². The van der Waals surface area contributed by atoms with Crippen molar-refractivity contribution in [2.75, 3.05) is 0 Å². The van der Waals surface area contributed by atoms with Gasteiger partial charge in [0.05, 0.1) is 10.4 Å². The lowest BCUT2D eigenvalue weighted by Crippen LogP contribution is -2.08. The number of hydrogen-bond donors (Lipinski definition) is 0. The van der Waals surface area contributed by atoms with E-state index >= 15 is 0 Å². The molecule has 1 aliphatic rings. The van der Waals surface area contributed by atoms with Gasteiger partial charge in [0.15, 0.2) is 0 Å². The van der Waals surface area contributed by atoms with Crippen LogP contribution in [0.15, 0.2) is 36.0 Å². The molecule has 2 aromatic rings. The molecule has 3 rings (SSSR count). The monoisotopic (exact) mass is 215 g/mol. The smallest absolute Gasteiger partial charge is 0.0797 e. The second-order valence-electron chi connectivity index (χ2n) is 4.12. The van der Waals surface area contributed by atoms with Gasteiger partial charge in [-0.2, -0.15) is 0 Å². The molecule has 2 heteroatoms. The zero-order chi connectivity index (χ0) is 10.1. The summed E-state index contributed by atoms with van der Waals surface area (Å²) in [6, 6.07) is 9.00. The molecule has 76 valence electrons. The zero-order valence-corrected chi connectivity index (χ0v) is 9.33. The van der Waals surface area contributed by atoms with Gasteiger partial charge >= 0.3 is 0 Å². The highest BCUT2D eigenvalue weighted by atomic mass is 32.1. The van der Waals surface area contributed by atoms with Gasteiger partial charge in [0, 0.05) is 6.20 Å². The van der Waals surface area contributed by atoms with Gasteiger partial charge in [-0.25, -0.2) is 0 Å². The van der Waals surface area contributed by atoms with Crippen molar-refractivity contribution in [2.45, 2.75) is 25.2 Å². The average Bonchev–Trinajstić information content (AvgIpc) is 2.69. The van der Waals surface area contributed by atoms with Crippen LogP contribution in [0.1, 0.15) is 30.7 Å². The highest BCUT2D eigenvalue weighted by Crippen LogP contribution is 2.37. The quantitative estimate of drug-likeness (QED) is 0.735. The molecule has 1 aromatic heterocycles. The predicted molar refractivity (Wildman–Crippen MR) is 64.1 cm³/mol. The van der Waals surface area contributed by atoms with Gasteiger partial charge in [0.1, 0.15) is 0 Å². The average molecular weight is 215 g/mol. The van der Waals surface area contributed by atoms with Crippen molar-refractivity contribution in [2.24, 2.45) is 0 Å². The summed E-state index contributed by atoms with van der Waals surface area (Å²) >= 11 is 1.70. The second kappa shape index (κ2) is 3.78. The van der Waals surface area contributed by atoms with E-state index in [1.165, 1.54) is 35.3 Å². The van der Waals surface area contributed by atoms with Crippen LogP contribution in [0, 0.1) is 0 Å². The van der Waals surface area contributed by atoms with Crippen molar-refractivity contribution >= 4 is 11.3 Å². The first-order valence-electron chi connectivity index (χ1n) is 5.42. The van der Waals surface area contributed by atoms with Gasteiger partial charge in [-0.3, -0.25) is 4.98 Å². The normalized spacial score (nSPS) is 16.3. The number of nitrogens with zero attached hydrogens (tertiary/aromatic N) is 1. The molecule has 1 saturated carbocycles. The van der Waals surface area contributed by atoms with Crippen LogP contribution in [-0.2, 0) is 0 Å². The van der Waals surface area contributed by atoms with E-state index in [1.807, 2.05) is 11.7 Å². The van der Waals surface area contributed by atoms with Crippen molar-refractivity contribution in [1.29, 1.82) is 0 Å². The lowest BCUT2D eigenvalue weighted by atomic mass is 9.80. The molecule has 0 spiro atoms. The number of hydrogen-bond acceptors (Lipinski definition) is 2. The van der Waals surface area contributed by atoms with Crippen molar-refractivity contribution in [3.63, 3.8) is 0 Å². The standard InChI is InChI=1S/C13H13NS/c1-2-10(3-1)11-4-6-12(7-5-11)13-8-14-9-15-13/h4-10H,1-3H2. The van der Waals surface area contributed by atoms with Crippen LogP contribution >= 0.6 is 11.3 Å². The van der Waals surface area contributed by atoms with Crippen LogP contribution in [0.5, 0.6) is 0 Å². The molecule has 0 radical (unpaired) electrons. The van der Waals surface area contributed by atoms with E-state index in [1.54, 1.807) is 11.3 Å². The highest BCUT2D eigenvalue weighted by Gasteiger charge is 2.18. The van der Waals surface area contributed by atoms with Crippen molar-refractivity contribution < 1.29 is 0 Å². The summed E-state index contributed by atoms with van der Waals surface area (Å²) in [6.45, 7) is 0. The minimum atomic E-state index is 0.834. The number of thiazole rings is 1. The van der Waals surface area contributed by atoms with Crippen LogP contribution in [-0.4, -0.2) is 4.98 Å². The third-order valence-electron chi connectivity index (χ3n) is 3.20. The topological polar surface area (TPSA) is 12.9 Å². The third kappa shape index (κ3) is 1.70. The summed E-state index contributed by atoms with van der Waals surface area (Å²) in [6.07, 6.45) is 6.09. The largest absolute Gasteiger partial charge is 0.252 e. The van der Waals surface area contributed by atoms with Crippen LogP contribution in [0.2, 0.25) is 0 Å². The fourth-order valence-electron chi connectivity index (χ4n) is 2.02. The molecule has 0 atom stereocenters. The van der Waals surface area contributed by atoms with Gasteiger partial charge in [-0.15, -0.1) is 11.3 Å². The number of benzene rings is 1. The molecular formula is C13H13NS. The Kier molecular flexibility index (Phi) is 2.29. The predicted octanol–water partition coefficient (Wildman–Crippen LogP) is 4.08. The van der Waals surface area contributed by atoms with E-state index < -0.39 is 0 Å². The third-order valence-corrected chi connectivity index (χ3v) is 4.03. The Balaban J connectivity index is 1.87.